The number of ether oxygens (including phenoxy) is 1. The third-order valence-electron chi connectivity index (χ3n) is 2.92. The van der Waals surface area contributed by atoms with E-state index in [2.05, 4.69) is 16.0 Å². The van der Waals surface area contributed by atoms with Crippen LogP contribution in [0.25, 0.3) is 0 Å². The zero-order chi connectivity index (χ0) is 13.7. The van der Waals surface area contributed by atoms with Gasteiger partial charge in [0.25, 0.3) is 0 Å². The van der Waals surface area contributed by atoms with Crippen molar-refractivity contribution in [3.8, 4) is 5.75 Å². The third-order valence-corrected chi connectivity index (χ3v) is 3.67. The van der Waals surface area contributed by atoms with Crippen molar-refractivity contribution >= 4 is 23.1 Å². The van der Waals surface area contributed by atoms with Gasteiger partial charge in [0.1, 0.15) is 5.75 Å². The minimum atomic E-state index is -1.49. The van der Waals surface area contributed by atoms with Crippen molar-refractivity contribution in [1.82, 2.24) is 0 Å². The Morgan fingerprint density at radius 3 is 3.00 bits per heavy atom. The molecule has 1 heterocycles. The van der Waals surface area contributed by atoms with E-state index in [1.54, 1.807) is 0 Å². The molecule has 6 heteroatoms. The highest BCUT2D eigenvalue weighted by Crippen LogP contribution is 2.30. The first-order valence-corrected chi connectivity index (χ1v) is 7.62. The number of nitrogens with zero attached hydrogens (tertiary/aromatic N) is 1. The van der Waals surface area contributed by atoms with Crippen molar-refractivity contribution in [3.05, 3.63) is 23.8 Å². The first kappa shape index (κ1) is 14.0. The summed E-state index contributed by atoms with van der Waals surface area (Å²) in [6, 6.07) is 5.53. The third kappa shape index (κ3) is 3.54. The molecule has 104 valence electrons. The van der Waals surface area contributed by atoms with Crippen LogP contribution in [0.3, 0.4) is 0 Å². The van der Waals surface area contributed by atoms with E-state index in [4.69, 9.17) is 10.5 Å². The Labute approximate surface area is 116 Å². The number of nitrogens with one attached hydrogen (secondary N) is 1. The fourth-order valence-corrected chi connectivity index (χ4v) is 2.64. The monoisotopic (exact) mass is 281 g/mol. The Hall–Kier alpha value is -1.40. The molecule has 1 atom stereocenters. The maximum atomic E-state index is 11.4. The van der Waals surface area contributed by atoms with Gasteiger partial charge in [0.05, 0.1) is 17.9 Å². The predicted molar refractivity (Wildman–Crippen MR) is 78.6 cm³/mol. The van der Waals surface area contributed by atoms with Gasteiger partial charge in [0, 0.05) is 0 Å². The molecule has 3 N–H and O–H groups in total. The second kappa shape index (κ2) is 6.68. The standard InChI is InChI=1S/C13H19N3O2S/c1-2-3-4-5-9-18-11-8-6-7-10-12(11)13(14)16-19(17)15-10/h6-8,15H,2-5,9H2,1H3,(H2,14,16). The highest BCUT2D eigenvalue weighted by molar-refractivity contribution is 7.91. The van der Waals surface area contributed by atoms with E-state index in [9.17, 15) is 4.55 Å². The number of hydrogen-bond acceptors (Lipinski definition) is 5. The smallest absolute Gasteiger partial charge is 0.222 e. The summed E-state index contributed by atoms with van der Waals surface area (Å²) >= 11 is -1.49. The van der Waals surface area contributed by atoms with E-state index in [-0.39, 0.29) is 5.84 Å². The van der Waals surface area contributed by atoms with E-state index < -0.39 is 11.5 Å². The molecule has 0 bridgehead atoms. The van der Waals surface area contributed by atoms with Gasteiger partial charge in [-0.05, 0) is 23.0 Å². The minimum Gasteiger partial charge on any atom is -0.566 e. The molecule has 1 aliphatic rings. The molecule has 0 amide bonds. The van der Waals surface area contributed by atoms with Crippen LogP contribution in [0.2, 0.25) is 0 Å². The lowest BCUT2D eigenvalue weighted by molar-refractivity contribution is 0.304. The molecule has 1 aliphatic heterocycles. The first-order chi connectivity index (χ1) is 9.22. The second-order valence-corrected chi connectivity index (χ2v) is 5.30. The van der Waals surface area contributed by atoms with Crippen LogP contribution >= 0.6 is 0 Å². The quantitative estimate of drug-likeness (QED) is 0.619. The van der Waals surface area contributed by atoms with Crippen LogP contribution < -0.4 is 15.2 Å². The molecule has 1 aromatic rings. The molecule has 19 heavy (non-hydrogen) atoms. The van der Waals surface area contributed by atoms with E-state index in [1.807, 2.05) is 18.2 Å². The van der Waals surface area contributed by atoms with Crippen LogP contribution in [0, 0.1) is 0 Å². The Balaban J connectivity index is 2.03. The summed E-state index contributed by atoms with van der Waals surface area (Å²) in [7, 11) is 0. The molecular formula is C13H19N3O2S. The highest BCUT2D eigenvalue weighted by Gasteiger charge is 2.24. The van der Waals surface area contributed by atoms with Gasteiger partial charge in [0.2, 0.25) is 11.5 Å². The molecular weight excluding hydrogens is 262 g/mol. The maximum Gasteiger partial charge on any atom is 0.222 e. The average Bonchev–Trinajstić information content (AvgIpc) is 2.37. The molecule has 0 aromatic heterocycles. The number of benzene rings is 1. The molecule has 5 nitrogen and oxygen atoms in total. The van der Waals surface area contributed by atoms with Gasteiger partial charge < -0.3 is 15.0 Å². The van der Waals surface area contributed by atoms with Crippen LogP contribution in [0.1, 0.15) is 38.2 Å². The summed E-state index contributed by atoms with van der Waals surface area (Å²) in [6.07, 6.45) is 4.61. The lowest BCUT2D eigenvalue weighted by Crippen LogP contribution is -2.27. The van der Waals surface area contributed by atoms with E-state index in [0.717, 1.165) is 12.8 Å². The summed E-state index contributed by atoms with van der Waals surface area (Å²) in [6.45, 7) is 2.84. The zero-order valence-electron chi connectivity index (χ0n) is 11.0. The van der Waals surface area contributed by atoms with Crippen LogP contribution in [0.4, 0.5) is 5.69 Å². The largest absolute Gasteiger partial charge is 0.566 e. The second-order valence-electron chi connectivity index (χ2n) is 4.42. The van der Waals surface area contributed by atoms with Gasteiger partial charge in [-0.25, -0.2) is 0 Å². The van der Waals surface area contributed by atoms with E-state index in [1.165, 1.54) is 12.8 Å². The first-order valence-electron chi connectivity index (χ1n) is 6.51. The van der Waals surface area contributed by atoms with Crippen LogP contribution in [-0.2, 0) is 11.5 Å². The Bertz CT molecular complexity index is 465. The van der Waals surface area contributed by atoms with Crippen molar-refractivity contribution in [2.24, 2.45) is 10.1 Å². The fraction of sp³-hybridized carbons (Fsp3) is 0.462. The molecule has 1 unspecified atom stereocenters. The Kier molecular flexibility index (Phi) is 4.93. The number of fused-ring (bicyclic) bond motifs is 1. The normalized spacial score (nSPS) is 17.4. The van der Waals surface area contributed by atoms with Gasteiger partial charge in [-0.3, -0.25) is 0 Å². The van der Waals surface area contributed by atoms with Crippen molar-refractivity contribution in [3.63, 3.8) is 0 Å². The summed E-state index contributed by atoms with van der Waals surface area (Å²) < 4.78 is 23.7. The topological polar surface area (TPSA) is 82.7 Å². The summed E-state index contributed by atoms with van der Waals surface area (Å²) in [4.78, 5) is 0. The molecule has 0 aliphatic carbocycles. The Morgan fingerprint density at radius 1 is 1.37 bits per heavy atom. The molecule has 0 fully saturated rings. The summed E-state index contributed by atoms with van der Waals surface area (Å²) in [5, 5.41) is 0. The molecule has 0 spiro atoms. The van der Waals surface area contributed by atoms with Crippen molar-refractivity contribution < 1.29 is 9.29 Å². The number of anilines is 1. The van der Waals surface area contributed by atoms with Gasteiger partial charge in [-0.1, -0.05) is 32.3 Å². The zero-order valence-corrected chi connectivity index (χ0v) is 11.8. The maximum absolute atomic E-state index is 11.4. The van der Waals surface area contributed by atoms with Gasteiger partial charge in [-0.2, -0.15) is 4.72 Å². The van der Waals surface area contributed by atoms with Crippen LogP contribution in [-0.4, -0.2) is 17.0 Å². The number of rotatable bonds is 6. The van der Waals surface area contributed by atoms with Crippen LogP contribution in [0.15, 0.2) is 22.6 Å². The van der Waals surface area contributed by atoms with Gasteiger partial charge >= 0.3 is 0 Å². The van der Waals surface area contributed by atoms with Crippen molar-refractivity contribution in [2.75, 3.05) is 11.3 Å². The number of hydrogen-bond donors (Lipinski definition) is 2. The fourth-order valence-electron chi connectivity index (χ4n) is 1.96. The average molecular weight is 281 g/mol. The lowest BCUT2D eigenvalue weighted by atomic mass is 10.1. The van der Waals surface area contributed by atoms with Crippen LogP contribution in [0.5, 0.6) is 5.75 Å². The summed E-state index contributed by atoms with van der Waals surface area (Å²) in [5.41, 5.74) is 7.24. The summed E-state index contributed by atoms with van der Waals surface area (Å²) in [5.74, 6) is 0.954. The lowest BCUT2D eigenvalue weighted by Gasteiger charge is -2.18. The Morgan fingerprint density at radius 2 is 2.21 bits per heavy atom. The predicted octanol–water partition coefficient (Wildman–Crippen LogP) is 2.36. The number of nitrogens with two attached hydrogens (primary N) is 1. The number of unbranched alkanes of at least 4 members (excludes halogenated alkanes) is 3. The number of amidine groups is 1. The molecule has 0 saturated heterocycles. The SMILES string of the molecule is CCCCCCOc1cccc2c1C(N)=N[S+]([O-])N2. The van der Waals surface area contributed by atoms with E-state index in [0.29, 0.717) is 23.6 Å². The molecule has 1 aromatic carbocycles. The van der Waals surface area contributed by atoms with Crippen molar-refractivity contribution in [2.45, 2.75) is 32.6 Å². The van der Waals surface area contributed by atoms with Crippen molar-refractivity contribution in [1.29, 1.82) is 0 Å². The van der Waals surface area contributed by atoms with E-state index >= 15 is 0 Å². The minimum absolute atomic E-state index is 0.260. The van der Waals surface area contributed by atoms with Gasteiger partial charge in [0.15, 0.2) is 5.84 Å². The molecule has 0 radical (unpaired) electrons. The highest BCUT2D eigenvalue weighted by atomic mass is 32.2. The van der Waals surface area contributed by atoms with Gasteiger partial charge in [-0.15, -0.1) is 0 Å². The molecule has 0 saturated carbocycles. The molecule has 2 rings (SSSR count).